The summed E-state index contributed by atoms with van der Waals surface area (Å²) < 4.78 is 5.97. The average Bonchev–Trinajstić information content (AvgIpc) is 2.48. The number of para-hydroxylation sites is 2. The van der Waals surface area contributed by atoms with Gasteiger partial charge in [-0.15, -0.1) is 0 Å². The lowest BCUT2D eigenvalue weighted by atomic mass is 10.2. The largest absolute Gasteiger partial charge is 0.455 e. The zero-order valence-electron chi connectivity index (χ0n) is 10.4. The third-order valence-electron chi connectivity index (χ3n) is 3.01. The van der Waals surface area contributed by atoms with Crippen LogP contribution in [0.15, 0.2) is 60.8 Å². The summed E-state index contributed by atoms with van der Waals surface area (Å²) in [6.07, 6.45) is 1.77. The van der Waals surface area contributed by atoms with E-state index in [0.29, 0.717) is 6.54 Å². The smallest absolute Gasteiger partial charge is 0.153 e. The molecule has 3 heteroatoms. The maximum Gasteiger partial charge on any atom is 0.153 e. The topological polar surface area (TPSA) is 48.1 Å². The molecule has 3 nitrogen and oxygen atoms in total. The standard InChI is InChI=1S/C16H14N2O/c17-11-13-5-1-2-8-14(13)19-15-9-3-6-12-7-4-10-18-16(12)15/h1-10H,11,17H2. The van der Waals surface area contributed by atoms with Gasteiger partial charge < -0.3 is 10.5 Å². The second-order valence-corrected chi connectivity index (χ2v) is 4.25. The quantitative estimate of drug-likeness (QED) is 0.774. The van der Waals surface area contributed by atoms with Crippen molar-refractivity contribution in [3.63, 3.8) is 0 Å². The minimum absolute atomic E-state index is 0.453. The SMILES string of the molecule is NCc1ccccc1Oc1cccc2cccnc12. The molecule has 1 heterocycles. The highest BCUT2D eigenvalue weighted by atomic mass is 16.5. The number of hydrogen-bond donors (Lipinski definition) is 1. The predicted octanol–water partition coefficient (Wildman–Crippen LogP) is 3.49. The zero-order chi connectivity index (χ0) is 13.1. The van der Waals surface area contributed by atoms with Crippen molar-refractivity contribution in [2.45, 2.75) is 6.54 Å². The Morgan fingerprint density at radius 1 is 0.895 bits per heavy atom. The second kappa shape index (κ2) is 5.08. The fourth-order valence-corrected chi connectivity index (χ4v) is 2.05. The summed E-state index contributed by atoms with van der Waals surface area (Å²) in [6.45, 7) is 0.453. The number of rotatable bonds is 3. The van der Waals surface area contributed by atoms with Crippen molar-refractivity contribution in [3.8, 4) is 11.5 Å². The van der Waals surface area contributed by atoms with Crippen LogP contribution in [0.1, 0.15) is 5.56 Å². The maximum atomic E-state index is 5.97. The number of hydrogen-bond acceptors (Lipinski definition) is 3. The number of benzene rings is 2. The third kappa shape index (κ3) is 2.28. The summed E-state index contributed by atoms with van der Waals surface area (Å²) in [7, 11) is 0. The molecule has 3 aromatic rings. The fraction of sp³-hybridized carbons (Fsp3) is 0.0625. The van der Waals surface area contributed by atoms with E-state index in [1.54, 1.807) is 6.20 Å². The van der Waals surface area contributed by atoms with Gasteiger partial charge in [-0.05, 0) is 18.2 Å². The first-order valence-corrected chi connectivity index (χ1v) is 6.18. The van der Waals surface area contributed by atoms with Crippen LogP contribution in [0.25, 0.3) is 10.9 Å². The molecule has 1 aromatic heterocycles. The van der Waals surface area contributed by atoms with Crippen molar-refractivity contribution < 1.29 is 4.74 Å². The Bertz CT molecular complexity index is 704. The molecule has 0 unspecified atom stereocenters. The van der Waals surface area contributed by atoms with Crippen LogP contribution in [0.3, 0.4) is 0 Å². The molecule has 0 aliphatic carbocycles. The first-order chi connectivity index (χ1) is 9.38. The third-order valence-corrected chi connectivity index (χ3v) is 3.01. The summed E-state index contributed by atoms with van der Waals surface area (Å²) in [5, 5.41) is 1.06. The van der Waals surface area contributed by atoms with Crippen LogP contribution < -0.4 is 10.5 Å². The van der Waals surface area contributed by atoms with E-state index in [1.807, 2.05) is 54.6 Å². The Hall–Kier alpha value is -2.39. The molecule has 94 valence electrons. The molecule has 0 spiro atoms. The molecule has 0 fully saturated rings. The minimum Gasteiger partial charge on any atom is -0.455 e. The molecule has 2 N–H and O–H groups in total. The van der Waals surface area contributed by atoms with E-state index in [4.69, 9.17) is 10.5 Å². The Balaban J connectivity index is 2.06. The lowest BCUT2D eigenvalue weighted by Gasteiger charge is -2.11. The molecule has 0 amide bonds. The highest BCUT2D eigenvalue weighted by Gasteiger charge is 2.06. The van der Waals surface area contributed by atoms with Crippen molar-refractivity contribution in [2.24, 2.45) is 5.73 Å². The van der Waals surface area contributed by atoms with Gasteiger partial charge in [-0.25, -0.2) is 0 Å². The van der Waals surface area contributed by atoms with E-state index in [1.165, 1.54) is 0 Å². The molecule has 19 heavy (non-hydrogen) atoms. The van der Waals surface area contributed by atoms with Gasteiger partial charge >= 0.3 is 0 Å². The van der Waals surface area contributed by atoms with Crippen molar-refractivity contribution >= 4 is 10.9 Å². The summed E-state index contributed by atoms with van der Waals surface area (Å²) in [4.78, 5) is 4.38. The first-order valence-electron chi connectivity index (χ1n) is 6.18. The predicted molar refractivity (Wildman–Crippen MR) is 76.2 cm³/mol. The molecular formula is C16H14N2O. The summed E-state index contributed by atoms with van der Waals surface area (Å²) >= 11 is 0. The van der Waals surface area contributed by atoms with Gasteiger partial charge in [0.15, 0.2) is 5.75 Å². The number of nitrogens with two attached hydrogens (primary N) is 1. The maximum absolute atomic E-state index is 5.97. The van der Waals surface area contributed by atoms with Crippen LogP contribution in [-0.2, 0) is 6.54 Å². The molecule has 3 rings (SSSR count). The molecule has 0 saturated carbocycles. The minimum atomic E-state index is 0.453. The van der Waals surface area contributed by atoms with E-state index in [0.717, 1.165) is 28.0 Å². The molecule has 0 saturated heterocycles. The number of ether oxygens (including phenoxy) is 1. The van der Waals surface area contributed by atoms with Crippen molar-refractivity contribution in [2.75, 3.05) is 0 Å². The highest BCUT2D eigenvalue weighted by molar-refractivity contribution is 5.84. The van der Waals surface area contributed by atoms with Crippen LogP contribution in [0, 0.1) is 0 Å². The second-order valence-electron chi connectivity index (χ2n) is 4.25. The van der Waals surface area contributed by atoms with E-state index in [9.17, 15) is 0 Å². The summed E-state index contributed by atoms with van der Waals surface area (Å²) in [6, 6.07) is 17.6. The van der Waals surface area contributed by atoms with Crippen molar-refractivity contribution in [3.05, 3.63) is 66.4 Å². The van der Waals surface area contributed by atoms with Crippen molar-refractivity contribution in [1.82, 2.24) is 4.98 Å². The number of aromatic nitrogens is 1. The molecule has 0 bridgehead atoms. The number of pyridine rings is 1. The van der Waals surface area contributed by atoms with Gasteiger partial charge in [0.1, 0.15) is 11.3 Å². The van der Waals surface area contributed by atoms with Crippen LogP contribution in [0.5, 0.6) is 11.5 Å². The van der Waals surface area contributed by atoms with Gasteiger partial charge in [-0.2, -0.15) is 0 Å². The highest BCUT2D eigenvalue weighted by Crippen LogP contribution is 2.29. The normalized spacial score (nSPS) is 10.6. The van der Waals surface area contributed by atoms with E-state index in [2.05, 4.69) is 4.98 Å². The number of fused-ring (bicyclic) bond motifs is 1. The summed E-state index contributed by atoms with van der Waals surface area (Å²) in [5.74, 6) is 1.53. The average molecular weight is 250 g/mol. The Morgan fingerprint density at radius 3 is 2.58 bits per heavy atom. The van der Waals surface area contributed by atoms with Gasteiger partial charge in [-0.3, -0.25) is 4.98 Å². The molecule has 0 atom stereocenters. The number of nitrogens with zero attached hydrogens (tertiary/aromatic N) is 1. The molecular weight excluding hydrogens is 236 g/mol. The van der Waals surface area contributed by atoms with Crippen LogP contribution in [0.4, 0.5) is 0 Å². The van der Waals surface area contributed by atoms with Crippen LogP contribution in [0.2, 0.25) is 0 Å². The molecule has 0 radical (unpaired) electrons. The Labute approximate surface area is 111 Å². The molecule has 2 aromatic carbocycles. The van der Waals surface area contributed by atoms with Gasteiger partial charge in [0, 0.05) is 23.7 Å². The lowest BCUT2D eigenvalue weighted by Crippen LogP contribution is -1.99. The zero-order valence-corrected chi connectivity index (χ0v) is 10.4. The summed E-state index contributed by atoms with van der Waals surface area (Å²) in [5.41, 5.74) is 7.56. The van der Waals surface area contributed by atoms with Crippen molar-refractivity contribution in [1.29, 1.82) is 0 Å². The van der Waals surface area contributed by atoms with E-state index < -0.39 is 0 Å². The Morgan fingerprint density at radius 2 is 1.68 bits per heavy atom. The van der Waals surface area contributed by atoms with E-state index >= 15 is 0 Å². The lowest BCUT2D eigenvalue weighted by molar-refractivity contribution is 0.481. The monoisotopic (exact) mass is 250 g/mol. The van der Waals surface area contributed by atoms with Crippen LogP contribution >= 0.6 is 0 Å². The van der Waals surface area contributed by atoms with Crippen LogP contribution in [-0.4, -0.2) is 4.98 Å². The molecule has 0 aliphatic heterocycles. The van der Waals surface area contributed by atoms with Gasteiger partial charge in [0.2, 0.25) is 0 Å². The first kappa shape index (κ1) is 11.7. The van der Waals surface area contributed by atoms with Gasteiger partial charge in [0.05, 0.1) is 0 Å². The fourth-order valence-electron chi connectivity index (χ4n) is 2.05. The molecule has 0 aliphatic rings. The van der Waals surface area contributed by atoms with Gasteiger partial charge in [-0.1, -0.05) is 36.4 Å². The Kier molecular flexibility index (Phi) is 3.12. The van der Waals surface area contributed by atoms with Gasteiger partial charge in [0.25, 0.3) is 0 Å². The van der Waals surface area contributed by atoms with E-state index in [-0.39, 0.29) is 0 Å².